The number of carbonyl (C=O) groups is 1. The summed E-state index contributed by atoms with van der Waals surface area (Å²) in [5.74, 6) is 0.872. The van der Waals surface area contributed by atoms with Crippen molar-refractivity contribution in [1.82, 2.24) is 5.32 Å². The number of carbonyl (C=O) groups excluding carboxylic acids is 1. The van der Waals surface area contributed by atoms with Gasteiger partial charge in [-0.25, -0.2) is 8.42 Å². The molecule has 1 atom stereocenters. The van der Waals surface area contributed by atoms with Crippen LogP contribution in [0.5, 0.6) is 0 Å². The molecule has 1 aromatic rings. The number of benzene rings is 1. The lowest BCUT2D eigenvalue weighted by atomic mass is 10.0. The highest BCUT2D eigenvalue weighted by Crippen LogP contribution is 2.22. The zero-order chi connectivity index (χ0) is 16.7. The zero-order valence-corrected chi connectivity index (χ0v) is 14.4. The van der Waals surface area contributed by atoms with E-state index in [1.54, 1.807) is 0 Å². The molecule has 1 saturated heterocycles. The Labute approximate surface area is 138 Å². The molecule has 5 heteroatoms. The lowest BCUT2D eigenvalue weighted by Crippen LogP contribution is -2.26. The summed E-state index contributed by atoms with van der Waals surface area (Å²) in [5.41, 5.74) is 1.79. The van der Waals surface area contributed by atoms with E-state index in [9.17, 15) is 13.2 Å². The molecule has 2 rings (SSSR count). The summed E-state index contributed by atoms with van der Waals surface area (Å²) in [6, 6.07) is 9.80. The molecule has 0 spiro atoms. The average molecular weight is 335 g/mol. The fraction of sp³-hybridized carbons (Fsp3) is 0.500. The van der Waals surface area contributed by atoms with Crippen LogP contribution in [0.1, 0.15) is 38.2 Å². The van der Waals surface area contributed by atoms with E-state index in [1.165, 1.54) is 0 Å². The summed E-state index contributed by atoms with van der Waals surface area (Å²) in [6.07, 6.45) is 5.06. The maximum atomic E-state index is 12.2. The van der Waals surface area contributed by atoms with Crippen LogP contribution in [0.4, 0.5) is 0 Å². The fourth-order valence-electron chi connectivity index (χ4n) is 2.88. The molecular weight excluding hydrogens is 310 g/mol. The molecule has 1 aromatic carbocycles. The van der Waals surface area contributed by atoms with Crippen LogP contribution < -0.4 is 5.32 Å². The van der Waals surface area contributed by atoms with Crippen LogP contribution in [0.2, 0.25) is 0 Å². The number of rotatable bonds is 7. The second-order valence-electron chi connectivity index (χ2n) is 6.10. The van der Waals surface area contributed by atoms with Crippen LogP contribution in [0.25, 0.3) is 6.08 Å². The average Bonchev–Trinajstić information content (AvgIpc) is 2.89. The summed E-state index contributed by atoms with van der Waals surface area (Å²) in [4.78, 5) is 12.2. The SMILES string of the molecule is CC/C(=C\c1ccccc1)C(=O)NCCCC1CCS(=O)(=O)C1. The molecule has 0 bridgehead atoms. The molecule has 1 amide bonds. The third-order valence-electron chi connectivity index (χ3n) is 4.21. The zero-order valence-electron chi connectivity index (χ0n) is 13.6. The quantitative estimate of drug-likeness (QED) is 0.615. The van der Waals surface area contributed by atoms with Gasteiger partial charge in [0, 0.05) is 12.1 Å². The molecule has 1 heterocycles. The molecule has 1 fully saturated rings. The van der Waals surface area contributed by atoms with Gasteiger partial charge in [-0.15, -0.1) is 0 Å². The predicted molar refractivity (Wildman–Crippen MR) is 93.7 cm³/mol. The molecule has 1 unspecified atom stereocenters. The molecule has 0 aliphatic carbocycles. The van der Waals surface area contributed by atoms with Gasteiger partial charge in [0.15, 0.2) is 9.84 Å². The number of hydrogen-bond donors (Lipinski definition) is 1. The smallest absolute Gasteiger partial charge is 0.247 e. The van der Waals surface area contributed by atoms with Crippen LogP contribution >= 0.6 is 0 Å². The number of sulfone groups is 1. The topological polar surface area (TPSA) is 63.2 Å². The first-order valence-corrected chi connectivity index (χ1v) is 10.1. The van der Waals surface area contributed by atoms with Gasteiger partial charge >= 0.3 is 0 Å². The molecule has 126 valence electrons. The van der Waals surface area contributed by atoms with Crippen molar-refractivity contribution >= 4 is 21.8 Å². The van der Waals surface area contributed by atoms with Crippen molar-refractivity contribution in [3.8, 4) is 0 Å². The second-order valence-corrected chi connectivity index (χ2v) is 8.33. The van der Waals surface area contributed by atoms with E-state index in [2.05, 4.69) is 5.32 Å². The molecule has 1 aliphatic heterocycles. The van der Waals surface area contributed by atoms with Gasteiger partial charge in [0.05, 0.1) is 11.5 Å². The summed E-state index contributed by atoms with van der Waals surface area (Å²) < 4.78 is 22.8. The highest BCUT2D eigenvalue weighted by Gasteiger charge is 2.27. The monoisotopic (exact) mass is 335 g/mol. The molecule has 23 heavy (non-hydrogen) atoms. The lowest BCUT2D eigenvalue weighted by Gasteiger charge is -2.10. The van der Waals surface area contributed by atoms with Crippen LogP contribution in [0, 0.1) is 5.92 Å². The minimum Gasteiger partial charge on any atom is -0.352 e. The molecular formula is C18H25NO3S. The number of hydrogen-bond acceptors (Lipinski definition) is 3. The maximum Gasteiger partial charge on any atom is 0.247 e. The third-order valence-corrected chi connectivity index (χ3v) is 6.05. The standard InChI is InChI=1S/C18H25NO3S/c1-2-17(13-15-7-4-3-5-8-15)18(20)19-11-6-9-16-10-12-23(21,22)14-16/h3-5,7-8,13,16H,2,6,9-12,14H2,1H3,(H,19,20)/b17-13+. The van der Waals surface area contributed by atoms with E-state index in [4.69, 9.17) is 0 Å². The predicted octanol–water partition coefficient (Wildman–Crippen LogP) is 2.81. The van der Waals surface area contributed by atoms with Crippen molar-refractivity contribution in [3.05, 3.63) is 41.5 Å². The number of amides is 1. The minimum absolute atomic E-state index is 0.0320. The maximum absolute atomic E-state index is 12.2. The van der Waals surface area contributed by atoms with Crippen molar-refractivity contribution < 1.29 is 13.2 Å². The largest absolute Gasteiger partial charge is 0.352 e. The Morgan fingerprint density at radius 3 is 2.65 bits per heavy atom. The van der Waals surface area contributed by atoms with Gasteiger partial charge in [-0.05, 0) is 43.2 Å². The molecule has 0 radical (unpaired) electrons. The highest BCUT2D eigenvalue weighted by atomic mass is 32.2. The van der Waals surface area contributed by atoms with Gasteiger partial charge in [-0.2, -0.15) is 0 Å². The fourth-order valence-corrected chi connectivity index (χ4v) is 4.80. The summed E-state index contributed by atoms with van der Waals surface area (Å²) in [5, 5.41) is 2.94. The third kappa shape index (κ3) is 5.82. The molecule has 0 saturated carbocycles. The molecule has 0 aromatic heterocycles. The van der Waals surface area contributed by atoms with Crippen molar-refractivity contribution in [1.29, 1.82) is 0 Å². The van der Waals surface area contributed by atoms with Crippen LogP contribution in [-0.4, -0.2) is 32.4 Å². The minimum atomic E-state index is -2.80. The second kappa shape index (κ2) is 8.29. The van der Waals surface area contributed by atoms with Crippen molar-refractivity contribution in [2.45, 2.75) is 32.6 Å². The van der Waals surface area contributed by atoms with Crippen molar-refractivity contribution in [3.63, 3.8) is 0 Å². The Hall–Kier alpha value is -1.62. The summed E-state index contributed by atoms with van der Waals surface area (Å²) in [7, 11) is -2.80. The first-order chi connectivity index (χ1) is 11.0. The van der Waals surface area contributed by atoms with Crippen LogP contribution in [-0.2, 0) is 14.6 Å². The number of nitrogens with one attached hydrogen (secondary N) is 1. The molecule has 1 N–H and O–H groups in total. The summed E-state index contributed by atoms with van der Waals surface area (Å²) >= 11 is 0. The van der Waals surface area contributed by atoms with Gasteiger partial charge in [0.2, 0.25) is 5.91 Å². The Bertz CT molecular complexity index is 650. The van der Waals surface area contributed by atoms with Gasteiger partial charge < -0.3 is 5.32 Å². The molecule has 1 aliphatic rings. The van der Waals surface area contributed by atoms with E-state index in [0.29, 0.717) is 24.5 Å². The van der Waals surface area contributed by atoms with E-state index >= 15 is 0 Å². The molecule has 4 nitrogen and oxygen atoms in total. The van der Waals surface area contributed by atoms with Crippen molar-refractivity contribution in [2.75, 3.05) is 18.1 Å². The Morgan fingerprint density at radius 2 is 2.04 bits per heavy atom. The van der Waals surface area contributed by atoms with E-state index < -0.39 is 9.84 Å². The highest BCUT2D eigenvalue weighted by molar-refractivity contribution is 7.91. The van der Waals surface area contributed by atoms with E-state index in [0.717, 1.165) is 30.4 Å². The van der Waals surface area contributed by atoms with E-state index in [-0.39, 0.29) is 11.8 Å². The van der Waals surface area contributed by atoms with Gasteiger partial charge in [-0.3, -0.25) is 4.79 Å². The normalized spacial score (nSPS) is 20.4. The van der Waals surface area contributed by atoms with Crippen LogP contribution in [0.15, 0.2) is 35.9 Å². The lowest BCUT2D eigenvalue weighted by molar-refractivity contribution is -0.117. The van der Waals surface area contributed by atoms with Gasteiger partial charge in [0.25, 0.3) is 0 Å². The van der Waals surface area contributed by atoms with Gasteiger partial charge in [0.1, 0.15) is 0 Å². The van der Waals surface area contributed by atoms with Crippen LogP contribution in [0.3, 0.4) is 0 Å². The Balaban J connectivity index is 1.76. The Morgan fingerprint density at radius 1 is 1.30 bits per heavy atom. The Kier molecular flexibility index (Phi) is 6.39. The van der Waals surface area contributed by atoms with Crippen molar-refractivity contribution in [2.24, 2.45) is 5.92 Å². The first kappa shape index (κ1) is 17.7. The van der Waals surface area contributed by atoms with E-state index in [1.807, 2.05) is 43.3 Å². The first-order valence-electron chi connectivity index (χ1n) is 8.24. The van der Waals surface area contributed by atoms with Gasteiger partial charge in [-0.1, -0.05) is 37.3 Å². The summed E-state index contributed by atoms with van der Waals surface area (Å²) in [6.45, 7) is 2.57.